The predicted octanol–water partition coefficient (Wildman–Crippen LogP) is 3.15. The molecule has 0 bridgehead atoms. The van der Waals surface area contributed by atoms with Crippen LogP contribution in [0.15, 0.2) is 18.3 Å². The van der Waals surface area contributed by atoms with Gasteiger partial charge in [0.05, 0.1) is 6.04 Å². The van der Waals surface area contributed by atoms with E-state index in [1.807, 2.05) is 11.1 Å². The monoisotopic (exact) mass is 287 g/mol. The number of anilines is 1. The van der Waals surface area contributed by atoms with Gasteiger partial charge in [-0.15, -0.1) is 0 Å². The first-order valence-electron chi connectivity index (χ1n) is 8.24. The molecule has 2 fully saturated rings. The molecule has 3 heterocycles. The number of likely N-dealkylation sites (tertiary alicyclic amines) is 1. The first-order chi connectivity index (χ1) is 10.3. The highest BCUT2D eigenvalue weighted by Gasteiger charge is 2.26. The van der Waals surface area contributed by atoms with E-state index in [-0.39, 0.29) is 11.9 Å². The molecule has 2 saturated heterocycles. The maximum Gasteiger partial charge on any atom is 0.219 e. The van der Waals surface area contributed by atoms with Crippen LogP contribution in [0.2, 0.25) is 0 Å². The quantitative estimate of drug-likeness (QED) is 0.838. The van der Waals surface area contributed by atoms with Crippen molar-refractivity contribution in [2.75, 3.05) is 24.5 Å². The summed E-state index contributed by atoms with van der Waals surface area (Å²) in [5.74, 6) is 1.27. The molecule has 0 aromatic carbocycles. The second-order valence-corrected chi connectivity index (χ2v) is 6.22. The molecule has 1 aromatic heterocycles. The first kappa shape index (κ1) is 14.4. The number of pyridine rings is 1. The summed E-state index contributed by atoms with van der Waals surface area (Å²) in [5, 5.41) is 0. The lowest BCUT2D eigenvalue weighted by atomic mass is 9.96. The Morgan fingerprint density at radius 1 is 1.10 bits per heavy atom. The number of carbonyl (C=O) groups is 1. The van der Waals surface area contributed by atoms with Crippen molar-refractivity contribution in [2.45, 2.75) is 51.5 Å². The van der Waals surface area contributed by atoms with E-state index in [4.69, 9.17) is 0 Å². The Kier molecular flexibility index (Phi) is 4.42. The minimum Gasteiger partial charge on any atom is -0.357 e. The minimum absolute atomic E-state index is 0.180. The number of aromatic nitrogens is 1. The number of nitrogens with zero attached hydrogens (tertiary/aromatic N) is 3. The lowest BCUT2D eigenvalue weighted by Crippen LogP contribution is -2.37. The van der Waals surface area contributed by atoms with Crippen LogP contribution in [0.3, 0.4) is 0 Å². The summed E-state index contributed by atoms with van der Waals surface area (Å²) in [6.45, 7) is 4.80. The van der Waals surface area contributed by atoms with Gasteiger partial charge >= 0.3 is 0 Å². The fourth-order valence-electron chi connectivity index (χ4n) is 3.56. The number of hydrogen-bond donors (Lipinski definition) is 0. The van der Waals surface area contributed by atoms with Gasteiger partial charge in [0.1, 0.15) is 5.82 Å². The van der Waals surface area contributed by atoms with Crippen molar-refractivity contribution in [3.05, 3.63) is 23.9 Å². The molecular formula is C17H25N3O. The Morgan fingerprint density at radius 3 is 2.52 bits per heavy atom. The van der Waals surface area contributed by atoms with Gasteiger partial charge in [0, 0.05) is 32.8 Å². The molecule has 0 saturated carbocycles. The highest BCUT2D eigenvalue weighted by atomic mass is 16.2. The Morgan fingerprint density at radius 2 is 1.86 bits per heavy atom. The van der Waals surface area contributed by atoms with Crippen LogP contribution in [0, 0.1) is 0 Å². The third kappa shape index (κ3) is 3.20. The highest BCUT2D eigenvalue weighted by Crippen LogP contribution is 2.31. The third-order valence-corrected chi connectivity index (χ3v) is 4.74. The lowest BCUT2D eigenvalue weighted by molar-refractivity contribution is -0.132. The van der Waals surface area contributed by atoms with Gasteiger partial charge in [-0.2, -0.15) is 0 Å². The van der Waals surface area contributed by atoms with Crippen molar-refractivity contribution < 1.29 is 4.79 Å². The van der Waals surface area contributed by atoms with Gasteiger partial charge in [0.2, 0.25) is 5.91 Å². The molecule has 0 spiro atoms. The van der Waals surface area contributed by atoms with Gasteiger partial charge < -0.3 is 9.80 Å². The van der Waals surface area contributed by atoms with Gasteiger partial charge in [0.15, 0.2) is 0 Å². The molecule has 0 aliphatic carbocycles. The molecule has 1 amide bonds. The lowest BCUT2D eigenvalue weighted by Gasteiger charge is -2.35. The molecule has 1 aromatic rings. The van der Waals surface area contributed by atoms with E-state index < -0.39 is 0 Å². The molecular weight excluding hydrogens is 262 g/mol. The van der Waals surface area contributed by atoms with Crippen molar-refractivity contribution in [1.29, 1.82) is 0 Å². The Balaban J connectivity index is 1.74. The van der Waals surface area contributed by atoms with E-state index in [0.29, 0.717) is 0 Å². The minimum atomic E-state index is 0.180. The van der Waals surface area contributed by atoms with Crippen molar-refractivity contribution in [3.63, 3.8) is 0 Å². The molecule has 1 unspecified atom stereocenters. The highest BCUT2D eigenvalue weighted by molar-refractivity contribution is 5.74. The molecule has 4 nitrogen and oxygen atoms in total. The zero-order valence-electron chi connectivity index (χ0n) is 12.9. The Hall–Kier alpha value is -1.58. The summed E-state index contributed by atoms with van der Waals surface area (Å²) < 4.78 is 0. The molecule has 3 rings (SSSR count). The molecule has 21 heavy (non-hydrogen) atoms. The van der Waals surface area contributed by atoms with Crippen LogP contribution in [0.1, 0.15) is 57.1 Å². The second-order valence-electron chi connectivity index (χ2n) is 6.22. The zero-order valence-corrected chi connectivity index (χ0v) is 12.9. The second kappa shape index (κ2) is 6.46. The molecule has 0 radical (unpaired) electrons. The smallest absolute Gasteiger partial charge is 0.219 e. The third-order valence-electron chi connectivity index (χ3n) is 4.74. The number of amides is 1. The van der Waals surface area contributed by atoms with Crippen LogP contribution in [0.25, 0.3) is 0 Å². The fourth-order valence-corrected chi connectivity index (χ4v) is 3.56. The largest absolute Gasteiger partial charge is 0.357 e. The fraction of sp³-hybridized carbons (Fsp3) is 0.647. The SMILES string of the molecule is CC(=O)N1CCCCC1c1ccc(N2CCCCC2)nc1. The molecule has 0 N–H and O–H groups in total. The average Bonchev–Trinajstić information content (AvgIpc) is 2.56. The van der Waals surface area contributed by atoms with Gasteiger partial charge in [-0.25, -0.2) is 4.98 Å². The van der Waals surface area contributed by atoms with Crippen LogP contribution >= 0.6 is 0 Å². The Bertz CT molecular complexity index is 479. The maximum atomic E-state index is 11.8. The van der Waals surface area contributed by atoms with Crippen molar-refractivity contribution in [3.8, 4) is 0 Å². The van der Waals surface area contributed by atoms with Gasteiger partial charge in [-0.05, 0) is 50.2 Å². The summed E-state index contributed by atoms with van der Waals surface area (Å²) in [7, 11) is 0. The molecule has 4 heteroatoms. The number of hydrogen-bond acceptors (Lipinski definition) is 3. The summed E-state index contributed by atoms with van der Waals surface area (Å²) in [6, 6.07) is 4.52. The van der Waals surface area contributed by atoms with E-state index in [0.717, 1.165) is 38.3 Å². The van der Waals surface area contributed by atoms with Crippen LogP contribution < -0.4 is 4.90 Å². The molecule has 2 aliphatic heterocycles. The van der Waals surface area contributed by atoms with Crippen LogP contribution in [0.5, 0.6) is 0 Å². The van der Waals surface area contributed by atoms with E-state index in [2.05, 4.69) is 22.0 Å². The van der Waals surface area contributed by atoms with Crippen molar-refractivity contribution in [1.82, 2.24) is 9.88 Å². The van der Waals surface area contributed by atoms with Crippen LogP contribution in [-0.2, 0) is 4.79 Å². The average molecular weight is 287 g/mol. The summed E-state index contributed by atoms with van der Waals surface area (Å²) >= 11 is 0. The topological polar surface area (TPSA) is 36.4 Å². The number of rotatable bonds is 2. The van der Waals surface area contributed by atoms with E-state index in [9.17, 15) is 4.79 Å². The predicted molar refractivity (Wildman–Crippen MR) is 84.3 cm³/mol. The summed E-state index contributed by atoms with van der Waals surface area (Å²) in [5.41, 5.74) is 1.19. The Labute approximate surface area is 127 Å². The molecule has 2 aliphatic rings. The van der Waals surface area contributed by atoms with Gasteiger partial charge in [-0.1, -0.05) is 6.07 Å². The standard InChI is InChI=1S/C17H25N3O/c1-14(21)20-12-6-3-7-16(20)15-8-9-17(18-13-15)19-10-4-2-5-11-19/h8-9,13,16H,2-7,10-12H2,1H3. The van der Waals surface area contributed by atoms with Gasteiger partial charge in [0.25, 0.3) is 0 Å². The van der Waals surface area contributed by atoms with E-state index in [1.165, 1.54) is 31.2 Å². The van der Waals surface area contributed by atoms with E-state index >= 15 is 0 Å². The summed E-state index contributed by atoms with van der Waals surface area (Å²) in [6.07, 6.45) is 9.23. The first-order valence-corrected chi connectivity index (χ1v) is 8.24. The van der Waals surface area contributed by atoms with Gasteiger partial charge in [-0.3, -0.25) is 4.79 Å². The zero-order chi connectivity index (χ0) is 14.7. The van der Waals surface area contributed by atoms with Crippen molar-refractivity contribution in [2.24, 2.45) is 0 Å². The number of piperidine rings is 2. The van der Waals surface area contributed by atoms with Crippen LogP contribution in [-0.4, -0.2) is 35.4 Å². The maximum absolute atomic E-state index is 11.8. The molecule has 114 valence electrons. The number of carbonyl (C=O) groups excluding carboxylic acids is 1. The molecule has 1 atom stereocenters. The summed E-state index contributed by atoms with van der Waals surface area (Å²) in [4.78, 5) is 20.8. The van der Waals surface area contributed by atoms with Crippen molar-refractivity contribution >= 4 is 11.7 Å². The van der Waals surface area contributed by atoms with E-state index in [1.54, 1.807) is 6.92 Å². The normalized spacial score (nSPS) is 23.2. The van der Waals surface area contributed by atoms with Crippen LogP contribution in [0.4, 0.5) is 5.82 Å².